The Hall–Kier alpha value is -1.74. The molecule has 0 atom stereocenters. The Balaban J connectivity index is 1.71. The van der Waals surface area contributed by atoms with Crippen molar-refractivity contribution in [1.29, 1.82) is 0 Å². The normalized spacial score (nSPS) is 19.2. The highest BCUT2D eigenvalue weighted by Crippen LogP contribution is 2.34. The Morgan fingerprint density at radius 2 is 1.72 bits per heavy atom. The van der Waals surface area contributed by atoms with Crippen molar-refractivity contribution in [2.24, 2.45) is 5.92 Å². The largest absolute Gasteiger partial charge is 0.381 e. The van der Waals surface area contributed by atoms with E-state index in [0.717, 1.165) is 18.4 Å². The van der Waals surface area contributed by atoms with Crippen molar-refractivity contribution in [3.63, 3.8) is 0 Å². The molecule has 29 heavy (non-hydrogen) atoms. The van der Waals surface area contributed by atoms with Crippen LogP contribution < -0.4 is 4.72 Å². The van der Waals surface area contributed by atoms with Crippen LogP contribution in [0, 0.1) is 12.8 Å². The van der Waals surface area contributed by atoms with E-state index in [-0.39, 0.29) is 20.6 Å². The molecule has 2 heterocycles. The van der Waals surface area contributed by atoms with E-state index in [1.165, 1.54) is 6.07 Å². The average molecular weight is 436 g/mol. The maximum Gasteiger partial charge on any atom is 0.240 e. The van der Waals surface area contributed by atoms with E-state index in [1.54, 1.807) is 25.1 Å². The molecular weight excluding hydrogens is 410 g/mol. The van der Waals surface area contributed by atoms with E-state index in [1.807, 2.05) is 12.1 Å². The van der Waals surface area contributed by atoms with Gasteiger partial charge in [0.05, 0.1) is 14.7 Å². The average Bonchev–Trinajstić information content (AvgIpc) is 2.81. The number of rotatable bonds is 4. The number of hydrogen-bond acceptors (Lipinski definition) is 5. The second-order valence-corrected chi connectivity index (χ2v) is 11.4. The summed E-state index contributed by atoms with van der Waals surface area (Å²) >= 11 is 0. The van der Waals surface area contributed by atoms with Crippen LogP contribution in [0.4, 0.5) is 0 Å². The molecule has 0 bridgehead atoms. The van der Waals surface area contributed by atoms with Crippen LogP contribution >= 0.6 is 0 Å². The molecule has 2 aromatic carbocycles. The van der Waals surface area contributed by atoms with Gasteiger partial charge >= 0.3 is 0 Å². The van der Waals surface area contributed by atoms with Crippen LogP contribution in [0.5, 0.6) is 0 Å². The van der Waals surface area contributed by atoms with E-state index in [4.69, 9.17) is 4.74 Å². The predicted molar refractivity (Wildman–Crippen MR) is 109 cm³/mol. The summed E-state index contributed by atoms with van der Waals surface area (Å²) in [6.07, 6.45) is 2.80. The lowest BCUT2D eigenvalue weighted by atomic mass is 10.0. The molecule has 2 aliphatic rings. The molecule has 1 fully saturated rings. The van der Waals surface area contributed by atoms with Gasteiger partial charge < -0.3 is 4.74 Å². The molecule has 2 aromatic rings. The van der Waals surface area contributed by atoms with Crippen LogP contribution in [0.15, 0.2) is 51.1 Å². The molecular formula is C21H25NO5S2. The van der Waals surface area contributed by atoms with Gasteiger partial charge in [0, 0.05) is 19.8 Å². The van der Waals surface area contributed by atoms with Gasteiger partial charge in [0.2, 0.25) is 19.9 Å². The first-order valence-electron chi connectivity index (χ1n) is 9.83. The molecule has 0 unspecified atom stereocenters. The summed E-state index contributed by atoms with van der Waals surface area (Å²) in [5, 5.41) is 0. The molecule has 8 heteroatoms. The number of aryl methyl sites for hydroxylation is 3. The highest BCUT2D eigenvalue weighted by Gasteiger charge is 2.30. The van der Waals surface area contributed by atoms with Crippen LogP contribution in [0.2, 0.25) is 0 Å². The number of sulfonamides is 1. The van der Waals surface area contributed by atoms with Crippen molar-refractivity contribution < 1.29 is 21.6 Å². The third kappa shape index (κ3) is 3.99. The molecule has 0 spiro atoms. The fourth-order valence-corrected chi connectivity index (χ4v) is 7.31. The quantitative estimate of drug-likeness (QED) is 0.797. The fraction of sp³-hybridized carbons (Fsp3) is 0.429. The van der Waals surface area contributed by atoms with Gasteiger partial charge in [0.15, 0.2) is 0 Å². The van der Waals surface area contributed by atoms with Crippen molar-refractivity contribution >= 4 is 19.9 Å². The maximum absolute atomic E-state index is 13.3. The first kappa shape index (κ1) is 20.5. The number of benzene rings is 2. The molecule has 6 nitrogen and oxygen atoms in total. The lowest BCUT2D eigenvalue weighted by Crippen LogP contribution is -2.32. The Morgan fingerprint density at radius 3 is 2.48 bits per heavy atom. The number of hydrogen-bond donors (Lipinski definition) is 1. The van der Waals surface area contributed by atoms with E-state index in [9.17, 15) is 16.8 Å². The number of ether oxygens (including phenoxy) is 1. The molecule has 1 N–H and O–H groups in total. The molecule has 0 radical (unpaired) electrons. The van der Waals surface area contributed by atoms with Gasteiger partial charge in [0.1, 0.15) is 0 Å². The van der Waals surface area contributed by atoms with Crippen molar-refractivity contribution in [2.45, 2.75) is 47.3 Å². The van der Waals surface area contributed by atoms with Gasteiger partial charge in [-0.1, -0.05) is 24.3 Å². The van der Waals surface area contributed by atoms with Crippen LogP contribution in [0.25, 0.3) is 0 Å². The van der Waals surface area contributed by atoms with E-state index < -0.39 is 19.9 Å². The molecule has 1 saturated heterocycles. The number of fused-ring (bicyclic) bond motifs is 2. The summed E-state index contributed by atoms with van der Waals surface area (Å²) in [5.41, 5.74) is 2.00. The molecule has 4 rings (SSSR count). The zero-order valence-corrected chi connectivity index (χ0v) is 18.0. The predicted octanol–water partition coefficient (Wildman–Crippen LogP) is 2.63. The molecule has 2 aliphatic heterocycles. The van der Waals surface area contributed by atoms with Crippen LogP contribution in [-0.2, 0) is 37.4 Å². The van der Waals surface area contributed by atoms with Gasteiger partial charge in [0.25, 0.3) is 0 Å². The zero-order valence-electron chi connectivity index (χ0n) is 16.3. The van der Waals surface area contributed by atoms with Gasteiger partial charge in [-0.3, -0.25) is 0 Å². The summed E-state index contributed by atoms with van der Waals surface area (Å²) in [5.74, 6) is 0.232. The minimum atomic E-state index is -3.82. The standard InChI is InChI=1S/C21H25NO5S2/c1-15-12-18-7-6-17-4-2-3-5-19(17)28(23,24)21(18)13-20(15)29(25,26)22-14-16-8-10-27-11-9-16/h2-5,12-13,16,22H,6-11,14H2,1H3. The molecule has 0 amide bonds. The summed E-state index contributed by atoms with van der Waals surface area (Å²) < 4.78 is 60.5. The van der Waals surface area contributed by atoms with Crippen molar-refractivity contribution in [1.82, 2.24) is 4.72 Å². The summed E-state index contributed by atoms with van der Waals surface area (Å²) in [6, 6.07) is 9.99. The molecule has 0 aliphatic carbocycles. The molecule has 156 valence electrons. The third-order valence-electron chi connectivity index (χ3n) is 5.77. The molecule has 0 saturated carbocycles. The number of sulfone groups is 1. The second-order valence-electron chi connectivity index (χ2n) is 7.74. The first-order chi connectivity index (χ1) is 13.8. The highest BCUT2D eigenvalue weighted by atomic mass is 32.2. The lowest BCUT2D eigenvalue weighted by Gasteiger charge is -2.22. The highest BCUT2D eigenvalue weighted by molar-refractivity contribution is 7.92. The monoisotopic (exact) mass is 435 g/mol. The second kappa shape index (κ2) is 7.83. The minimum Gasteiger partial charge on any atom is -0.381 e. The minimum absolute atomic E-state index is 0.0336. The van der Waals surface area contributed by atoms with E-state index >= 15 is 0 Å². The third-order valence-corrected chi connectivity index (χ3v) is 9.27. The van der Waals surface area contributed by atoms with E-state index in [2.05, 4.69) is 4.72 Å². The summed E-state index contributed by atoms with van der Waals surface area (Å²) in [6.45, 7) is 3.33. The zero-order chi connectivity index (χ0) is 20.6. The first-order valence-corrected chi connectivity index (χ1v) is 12.8. The Morgan fingerprint density at radius 1 is 1.03 bits per heavy atom. The van der Waals surface area contributed by atoms with Crippen molar-refractivity contribution in [3.8, 4) is 0 Å². The van der Waals surface area contributed by atoms with Crippen molar-refractivity contribution in [2.75, 3.05) is 19.8 Å². The Bertz CT molecular complexity index is 1130. The summed E-state index contributed by atoms with van der Waals surface area (Å²) in [7, 11) is -7.60. The fourth-order valence-electron chi connectivity index (χ4n) is 4.08. The van der Waals surface area contributed by atoms with Gasteiger partial charge in [-0.15, -0.1) is 0 Å². The van der Waals surface area contributed by atoms with Gasteiger partial charge in [-0.05, 0) is 67.3 Å². The summed E-state index contributed by atoms with van der Waals surface area (Å²) in [4.78, 5) is 0.395. The topological polar surface area (TPSA) is 89.5 Å². The smallest absolute Gasteiger partial charge is 0.240 e. The van der Waals surface area contributed by atoms with Crippen LogP contribution in [0.3, 0.4) is 0 Å². The van der Waals surface area contributed by atoms with Crippen LogP contribution in [0.1, 0.15) is 29.5 Å². The Labute approximate surface area is 172 Å². The SMILES string of the molecule is Cc1cc2c(cc1S(=O)(=O)NCC1CCOCC1)S(=O)(=O)c1ccccc1CC2. The van der Waals surface area contributed by atoms with Crippen LogP contribution in [-0.4, -0.2) is 36.6 Å². The van der Waals surface area contributed by atoms with Gasteiger partial charge in [-0.25, -0.2) is 21.6 Å². The Kier molecular flexibility index (Phi) is 5.54. The van der Waals surface area contributed by atoms with Crippen molar-refractivity contribution in [3.05, 3.63) is 53.1 Å². The van der Waals surface area contributed by atoms with Gasteiger partial charge in [-0.2, -0.15) is 0 Å². The lowest BCUT2D eigenvalue weighted by molar-refractivity contribution is 0.0678. The number of nitrogens with one attached hydrogen (secondary N) is 1. The van der Waals surface area contributed by atoms with E-state index in [0.29, 0.717) is 43.7 Å². The maximum atomic E-state index is 13.3. The molecule has 0 aromatic heterocycles.